The minimum absolute atomic E-state index is 0.334. The largest absolute Gasteiger partial charge is 0.497 e. The third-order valence-electron chi connectivity index (χ3n) is 3.53. The van der Waals surface area contributed by atoms with Gasteiger partial charge in [0.1, 0.15) is 5.75 Å². The molecule has 2 aromatic rings. The lowest BCUT2D eigenvalue weighted by Gasteiger charge is -2.25. The van der Waals surface area contributed by atoms with Crippen molar-refractivity contribution in [2.75, 3.05) is 27.7 Å². The minimum atomic E-state index is 0.334. The van der Waals surface area contributed by atoms with Crippen LogP contribution in [0.4, 0.5) is 0 Å². The van der Waals surface area contributed by atoms with Crippen LogP contribution in [0.1, 0.15) is 21.4 Å². The van der Waals surface area contributed by atoms with Gasteiger partial charge in [0.25, 0.3) is 0 Å². The summed E-state index contributed by atoms with van der Waals surface area (Å²) in [4.78, 5) is 4.99. The Labute approximate surface area is 131 Å². The second-order valence-corrected chi connectivity index (χ2v) is 6.77. The Balaban J connectivity index is 1.98. The zero-order valence-corrected chi connectivity index (χ0v) is 14.0. The van der Waals surface area contributed by atoms with Crippen molar-refractivity contribution in [3.05, 3.63) is 51.7 Å². The Morgan fingerprint density at radius 1 is 1.24 bits per heavy atom. The Bertz CT molecular complexity index is 565. The molecule has 0 aliphatic rings. The standard InChI is InChI=1S/C17H24N2OS/c1-13-8-9-16(21-13)11-18-12-17(19(2)3)14-6-5-7-15(10-14)20-4/h5-10,17-18H,11-12H2,1-4H3. The maximum absolute atomic E-state index is 5.32. The van der Waals surface area contributed by atoms with Gasteiger partial charge in [0.05, 0.1) is 7.11 Å². The minimum Gasteiger partial charge on any atom is -0.497 e. The molecule has 4 heteroatoms. The van der Waals surface area contributed by atoms with Gasteiger partial charge in [-0.05, 0) is 50.8 Å². The summed E-state index contributed by atoms with van der Waals surface area (Å²) in [6.07, 6.45) is 0. The van der Waals surface area contributed by atoms with Crippen molar-refractivity contribution in [3.8, 4) is 5.75 Å². The van der Waals surface area contributed by atoms with Crippen LogP contribution in [-0.2, 0) is 6.54 Å². The highest BCUT2D eigenvalue weighted by Gasteiger charge is 2.14. The summed E-state index contributed by atoms with van der Waals surface area (Å²) in [6.45, 7) is 3.98. The number of thiophene rings is 1. The molecule has 2 rings (SSSR count). The lowest BCUT2D eigenvalue weighted by Crippen LogP contribution is -2.30. The van der Waals surface area contributed by atoms with Crippen LogP contribution in [-0.4, -0.2) is 32.6 Å². The van der Waals surface area contributed by atoms with Gasteiger partial charge in [-0.1, -0.05) is 12.1 Å². The highest BCUT2D eigenvalue weighted by atomic mass is 32.1. The first-order valence-corrected chi connectivity index (χ1v) is 7.98. The van der Waals surface area contributed by atoms with E-state index >= 15 is 0 Å². The van der Waals surface area contributed by atoms with Crippen LogP contribution in [0.15, 0.2) is 36.4 Å². The van der Waals surface area contributed by atoms with E-state index in [0.717, 1.165) is 18.8 Å². The fourth-order valence-electron chi connectivity index (χ4n) is 2.36. The van der Waals surface area contributed by atoms with Crippen LogP contribution in [0.3, 0.4) is 0 Å². The van der Waals surface area contributed by atoms with Gasteiger partial charge in [0.15, 0.2) is 0 Å². The van der Waals surface area contributed by atoms with Crippen molar-refractivity contribution >= 4 is 11.3 Å². The molecule has 21 heavy (non-hydrogen) atoms. The Morgan fingerprint density at radius 3 is 2.67 bits per heavy atom. The number of nitrogens with one attached hydrogen (secondary N) is 1. The van der Waals surface area contributed by atoms with Crippen molar-refractivity contribution in [1.82, 2.24) is 10.2 Å². The van der Waals surface area contributed by atoms with Crippen molar-refractivity contribution < 1.29 is 4.74 Å². The molecule has 0 bridgehead atoms. The average Bonchev–Trinajstić information content (AvgIpc) is 2.89. The monoisotopic (exact) mass is 304 g/mol. The Kier molecular flexibility index (Phi) is 5.79. The number of likely N-dealkylation sites (N-methyl/N-ethyl adjacent to an activating group) is 1. The quantitative estimate of drug-likeness (QED) is 0.848. The van der Waals surface area contributed by atoms with Crippen LogP contribution >= 0.6 is 11.3 Å². The van der Waals surface area contributed by atoms with Crippen LogP contribution in [0, 0.1) is 6.92 Å². The molecule has 0 fully saturated rings. The highest BCUT2D eigenvalue weighted by Crippen LogP contribution is 2.22. The molecule has 114 valence electrons. The first-order chi connectivity index (χ1) is 10.1. The van der Waals surface area contributed by atoms with E-state index in [1.807, 2.05) is 23.5 Å². The van der Waals surface area contributed by atoms with Crippen LogP contribution in [0.25, 0.3) is 0 Å². The van der Waals surface area contributed by atoms with Gasteiger partial charge in [-0.25, -0.2) is 0 Å². The summed E-state index contributed by atoms with van der Waals surface area (Å²) in [6, 6.07) is 13.0. The molecule has 1 heterocycles. The fraction of sp³-hybridized carbons (Fsp3) is 0.412. The predicted molar refractivity (Wildman–Crippen MR) is 90.2 cm³/mol. The molecule has 1 atom stereocenters. The molecule has 1 aromatic heterocycles. The van der Waals surface area contributed by atoms with Crippen LogP contribution in [0.2, 0.25) is 0 Å². The van der Waals surface area contributed by atoms with Gasteiger partial charge in [-0.3, -0.25) is 0 Å². The molecule has 3 nitrogen and oxygen atoms in total. The van der Waals surface area contributed by atoms with Gasteiger partial charge >= 0.3 is 0 Å². The number of nitrogens with zero attached hydrogens (tertiary/aromatic N) is 1. The van der Waals surface area contributed by atoms with Gasteiger partial charge in [-0.15, -0.1) is 11.3 Å². The summed E-state index contributed by atoms with van der Waals surface area (Å²) in [7, 11) is 5.93. The molecule has 1 aromatic carbocycles. The number of hydrogen-bond donors (Lipinski definition) is 1. The summed E-state index contributed by atoms with van der Waals surface area (Å²) >= 11 is 1.85. The van der Waals surface area contributed by atoms with Gasteiger partial charge in [0, 0.05) is 28.9 Å². The van der Waals surface area contributed by atoms with E-state index in [4.69, 9.17) is 4.74 Å². The zero-order valence-electron chi connectivity index (χ0n) is 13.2. The van der Waals surface area contributed by atoms with E-state index in [9.17, 15) is 0 Å². The Morgan fingerprint density at radius 2 is 2.05 bits per heavy atom. The Hall–Kier alpha value is -1.36. The number of benzene rings is 1. The molecule has 0 amide bonds. The molecule has 0 spiro atoms. The van der Waals surface area contributed by atoms with Crippen molar-refractivity contribution in [2.24, 2.45) is 0 Å². The van der Waals surface area contributed by atoms with Gasteiger partial charge < -0.3 is 15.0 Å². The third-order valence-corrected chi connectivity index (χ3v) is 4.54. The zero-order chi connectivity index (χ0) is 15.2. The van der Waals surface area contributed by atoms with E-state index in [0.29, 0.717) is 6.04 Å². The summed E-state index contributed by atoms with van der Waals surface area (Å²) in [5.74, 6) is 0.910. The lowest BCUT2D eigenvalue weighted by molar-refractivity contribution is 0.287. The van der Waals surface area contributed by atoms with E-state index in [2.05, 4.69) is 55.5 Å². The first kappa shape index (κ1) is 16.0. The summed E-state index contributed by atoms with van der Waals surface area (Å²) in [5.41, 5.74) is 1.27. The highest BCUT2D eigenvalue weighted by molar-refractivity contribution is 7.11. The molecule has 1 unspecified atom stereocenters. The topological polar surface area (TPSA) is 24.5 Å². The van der Waals surface area contributed by atoms with Crippen LogP contribution in [0.5, 0.6) is 5.75 Å². The number of ether oxygens (including phenoxy) is 1. The van der Waals surface area contributed by atoms with Crippen LogP contribution < -0.4 is 10.1 Å². The van der Waals surface area contributed by atoms with E-state index in [-0.39, 0.29) is 0 Å². The third kappa shape index (κ3) is 4.56. The van der Waals surface area contributed by atoms with E-state index in [1.165, 1.54) is 15.3 Å². The van der Waals surface area contributed by atoms with Gasteiger partial charge in [-0.2, -0.15) is 0 Å². The predicted octanol–water partition coefficient (Wildman–Crippen LogP) is 3.46. The molecule has 0 aliphatic heterocycles. The van der Waals surface area contributed by atoms with Crippen molar-refractivity contribution in [3.63, 3.8) is 0 Å². The number of rotatable bonds is 7. The molecular weight excluding hydrogens is 280 g/mol. The lowest BCUT2D eigenvalue weighted by atomic mass is 10.1. The smallest absolute Gasteiger partial charge is 0.119 e. The van der Waals surface area contributed by atoms with Crippen molar-refractivity contribution in [2.45, 2.75) is 19.5 Å². The maximum atomic E-state index is 5.32. The van der Waals surface area contributed by atoms with Gasteiger partial charge in [0.2, 0.25) is 0 Å². The number of aryl methyl sites for hydroxylation is 1. The maximum Gasteiger partial charge on any atom is 0.119 e. The molecule has 0 aliphatic carbocycles. The summed E-state index contributed by atoms with van der Waals surface area (Å²) in [5, 5.41) is 3.56. The normalized spacial score (nSPS) is 12.6. The number of methoxy groups -OCH3 is 1. The van der Waals surface area contributed by atoms with Crippen molar-refractivity contribution in [1.29, 1.82) is 0 Å². The molecule has 0 radical (unpaired) electrons. The second kappa shape index (κ2) is 7.59. The average molecular weight is 304 g/mol. The SMILES string of the molecule is COc1cccc(C(CNCc2ccc(C)s2)N(C)C)c1. The number of hydrogen-bond acceptors (Lipinski definition) is 4. The van der Waals surface area contributed by atoms with E-state index in [1.54, 1.807) is 7.11 Å². The van der Waals surface area contributed by atoms with E-state index < -0.39 is 0 Å². The molecular formula is C17H24N2OS. The second-order valence-electron chi connectivity index (χ2n) is 5.40. The fourth-order valence-corrected chi connectivity index (χ4v) is 3.22. The summed E-state index contributed by atoms with van der Waals surface area (Å²) < 4.78 is 5.32. The molecule has 1 N–H and O–H groups in total. The first-order valence-electron chi connectivity index (χ1n) is 7.16. The molecule has 0 saturated heterocycles. The molecule has 0 saturated carbocycles.